The Kier molecular flexibility index (Phi) is 6.06. The molecule has 0 heterocycles. The van der Waals surface area contributed by atoms with Crippen molar-refractivity contribution in [2.45, 2.75) is 65.4 Å². The van der Waals surface area contributed by atoms with E-state index in [0.717, 1.165) is 0 Å². The van der Waals surface area contributed by atoms with E-state index in [9.17, 15) is 24.6 Å². The molecule has 0 aromatic heterocycles. The SMILES string of the molecule is CC(C)CCC(=O)C1=C(O)C(O)(C(=O)CCC(C)C)CC1=O. The number of rotatable bonds is 8. The highest BCUT2D eigenvalue weighted by Gasteiger charge is 2.51. The van der Waals surface area contributed by atoms with Gasteiger partial charge in [0.2, 0.25) is 0 Å². The summed E-state index contributed by atoms with van der Waals surface area (Å²) in [7, 11) is 0. The van der Waals surface area contributed by atoms with Gasteiger partial charge in [0.05, 0.1) is 6.42 Å². The van der Waals surface area contributed by atoms with Crippen LogP contribution in [-0.4, -0.2) is 33.2 Å². The highest BCUT2D eigenvalue weighted by Crippen LogP contribution is 2.35. The first kappa shape index (κ1) is 18.6. The summed E-state index contributed by atoms with van der Waals surface area (Å²) in [4.78, 5) is 36.2. The first-order chi connectivity index (χ1) is 10.1. The summed E-state index contributed by atoms with van der Waals surface area (Å²) in [6.07, 6.45) is 0.804. The molecule has 5 nitrogen and oxygen atoms in total. The highest BCUT2D eigenvalue weighted by atomic mass is 16.3. The second kappa shape index (κ2) is 7.18. The van der Waals surface area contributed by atoms with Gasteiger partial charge in [-0.3, -0.25) is 14.4 Å². The molecule has 0 spiro atoms. The molecule has 0 aromatic rings. The third kappa shape index (κ3) is 4.03. The monoisotopic (exact) mass is 310 g/mol. The maximum absolute atomic E-state index is 12.2. The molecule has 2 N–H and O–H groups in total. The quantitative estimate of drug-likeness (QED) is 0.672. The molecule has 0 amide bonds. The van der Waals surface area contributed by atoms with E-state index in [0.29, 0.717) is 12.8 Å². The number of carbonyl (C=O) groups excluding carboxylic acids is 3. The van der Waals surface area contributed by atoms with Gasteiger partial charge in [-0.25, -0.2) is 0 Å². The standard InChI is InChI=1S/C17H26O5/c1-10(2)5-7-12(18)15-13(19)9-17(22,16(15)21)14(20)8-6-11(3)4/h10-11,21-22H,5-9H2,1-4H3. The van der Waals surface area contributed by atoms with Crippen LogP contribution in [-0.2, 0) is 14.4 Å². The van der Waals surface area contributed by atoms with E-state index >= 15 is 0 Å². The van der Waals surface area contributed by atoms with Gasteiger partial charge >= 0.3 is 0 Å². The van der Waals surface area contributed by atoms with Crippen LogP contribution in [0, 0.1) is 11.8 Å². The van der Waals surface area contributed by atoms with Crippen molar-refractivity contribution in [2.75, 3.05) is 0 Å². The molecule has 1 aliphatic rings. The second-order valence-corrected chi connectivity index (χ2v) is 6.90. The van der Waals surface area contributed by atoms with Gasteiger partial charge in [0.25, 0.3) is 0 Å². The number of aliphatic hydroxyl groups is 2. The van der Waals surface area contributed by atoms with Crippen molar-refractivity contribution in [1.29, 1.82) is 0 Å². The molecule has 124 valence electrons. The largest absolute Gasteiger partial charge is 0.508 e. The molecule has 0 saturated carbocycles. The van der Waals surface area contributed by atoms with Crippen molar-refractivity contribution in [2.24, 2.45) is 11.8 Å². The Morgan fingerprint density at radius 2 is 1.59 bits per heavy atom. The van der Waals surface area contributed by atoms with Crippen LogP contribution >= 0.6 is 0 Å². The first-order valence-electron chi connectivity index (χ1n) is 7.85. The number of Topliss-reactive ketones (excluding diaryl/α,β-unsaturated/α-hetero) is 3. The summed E-state index contributed by atoms with van der Waals surface area (Å²) in [6.45, 7) is 7.77. The summed E-state index contributed by atoms with van der Waals surface area (Å²) in [6, 6.07) is 0. The van der Waals surface area contributed by atoms with Crippen LogP contribution in [0.1, 0.15) is 59.8 Å². The summed E-state index contributed by atoms with van der Waals surface area (Å²) in [5.74, 6) is -1.94. The van der Waals surface area contributed by atoms with Gasteiger partial charge in [0, 0.05) is 12.8 Å². The van der Waals surface area contributed by atoms with Crippen LogP contribution in [0.15, 0.2) is 11.3 Å². The molecule has 0 saturated heterocycles. The van der Waals surface area contributed by atoms with E-state index < -0.39 is 35.1 Å². The van der Waals surface area contributed by atoms with Crippen molar-refractivity contribution in [1.82, 2.24) is 0 Å². The predicted molar refractivity (Wildman–Crippen MR) is 82.4 cm³/mol. The van der Waals surface area contributed by atoms with Crippen molar-refractivity contribution in [3.05, 3.63) is 11.3 Å². The zero-order chi connectivity index (χ0) is 17.1. The minimum Gasteiger partial charge on any atom is -0.508 e. The van der Waals surface area contributed by atoms with Gasteiger partial charge < -0.3 is 10.2 Å². The van der Waals surface area contributed by atoms with Gasteiger partial charge in [-0.15, -0.1) is 0 Å². The summed E-state index contributed by atoms with van der Waals surface area (Å²) >= 11 is 0. The maximum Gasteiger partial charge on any atom is 0.187 e. The lowest BCUT2D eigenvalue weighted by molar-refractivity contribution is -0.138. The number of hydrogen-bond acceptors (Lipinski definition) is 5. The van der Waals surface area contributed by atoms with Crippen LogP contribution in [0.3, 0.4) is 0 Å². The number of hydrogen-bond donors (Lipinski definition) is 2. The zero-order valence-electron chi connectivity index (χ0n) is 13.8. The molecule has 0 fully saturated rings. The topological polar surface area (TPSA) is 91.7 Å². The van der Waals surface area contributed by atoms with Crippen LogP contribution in [0.25, 0.3) is 0 Å². The number of carbonyl (C=O) groups is 3. The Bertz CT molecular complexity index is 501. The Balaban J connectivity index is 2.94. The summed E-state index contributed by atoms with van der Waals surface area (Å²) < 4.78 is 0. The predicted octanol–water partition coefficient (Wildman–Crippen LogP) is 2.51. The molecule has 5 heteroatoms. The molecule has 1 unspecified atom stereocenters. The van der Waals surface area contributed by atoms with E-state index in [1.807, 2.05) is 27.7 Å². The van der Waals surface area contributed by atoms with Gasteiger partial charge in [-0.1, -0.05) is 27.7 Å². The maximum atomic E-state index is 12.2. The number of ketones is 3. The van der Waals surface area contributed by atoms with Crippen molar-refractivity contribution < 1.29 is 24.6 Å². The molecule has 0 bridgehead atoms. The van der Waals surface area contributed by atoms with Crippen molar-refractivity contribution >= 4 is 17.3 Å². The average molecular weight is 310 g/mol. The lowest BCUT2D eigenvalue weighted by atomic mass is 9.91. The lowest BCUT2D eigenvalue weighted by Crippen LogP contribution is -2.39. The Morgan fingerprint density at radius 3 is 2.09 bits per heavy atom. The fourth-order valence-corrected chi connectivity index (χ4v) is 2.43. The molecule has 1 rings (SSSR count). The zero-order valence-corrected chi connectivity index (χ0v) is 13.8. The Labute approximate surface area is 131 Å². The Hall–Kier alpha value is -1.49. The summed E-state index contributed by atoms with van der Waals surface area (Å²) in [5.41, 5.74) is -2.60. The van der Waals surface area contributed by atoms with E-state index in [1.54, 1.807) is 0 Å². The van der Waals surface area contributed by atoms with Gasteiger partial charge in [-0.05, 0) is 24.7 Å². The second-order valence-electron chi connectivity index (χ2n) is 6.90. The molecule has 1 atom stereocenters. The van der Waals surface area contributed by atoms with E-state index in [2.05, 4.69) is 0 Å². The Morgan fingerprint density at radius 1 is 1.09 bits per heavy atom. The fourth-order valence-electron chi connectivity index (χ4n) is 2.43. The van der Waals surface area contributed by atoms with E-state index in [4.69, 9.17) is 0 Å². The van der Waals surface area contributed by atoms with Crippen LogP contribution in [0.5, 0.6) is 0 Å². The molecule has 0 aliphatic heterocycles. The molecule has 0 aromatic carbocycles. The third-order valence-corrected chi connectivity index (χ3v) is 3.96. The average Bonchev–Trinajstić information content (AvgIpc) is 2.64. The van der Waals surface area contributed by atoms with Crippen molar-refractivity contribution in [3.8, 4) is 0 Å². The molecule has 1 aliphatic carbocycles. The van der Waals surface area contributed by atoms with Gasteiger partial charge in [0.1, 0.15) is 11.3 Å². The minimum absolute atomic E-state index is 0.0684. The first-order valence-corrected chi connectivity index (χ1v) is 7.85. The van der Waals surface area contributed by atoms with Gasteiger partial charge in [0.15, 0.2) is 23.0 Å². The number of aliphatic hydroxyl groups excluding tert-OH is 1. The minimum atomic E-state index is -2.21. The third-order valence-electron chi connectivity index (χ3n) is 3.96. The molecule has 0 radical (unpaired) electrons. The fraction of sp³-hybridized carbons (Fsp3) is 0.706. The van der Waals surface area contributed by atoms with Crippen molar-refractivity contribution in [3.63, 3.8) is 0 Å². The lowest BCUT2D eigenvalue weighted by Gasteiger charge is -2.20. The molecule has 22 heavy (non-hydrogen) atoms. The van der Waals surface area contributed by atoms with E-state index in [-0.39, 0.29) is 30.3 Å². The normalized spacial score (nSPS) is 22.0. The number of allylic oxidation sites excluding steroid dienone is 1. The van der Waals surface area contributed by atoms with Crippen LogP contribution < -0.4 is 0 Å². The van der Waals surface area contributed by atoms with Crippen LogP contribution in [0.2, 0.25) is 0 Å². The molecular weight excluding hydrogens is 284 g/mol. The van der Waals surface area contributed by atoms with E-state index in [1.165, 1.54) is 0 Å². The van der Waals surface area contributed by atoms with Gasteiger partial charge in [-0.2, -0.15) is 0 Å². The van der Waals surface area contributed by atoms with Crippen LogP contribution in [0.4, 0.5) is 0 Å². The highest BCUT2D eigenvalue weighted by molar-refractivity contribution is 6.24. The smallest absolute Gasteiger partial charge is 0.187 e. The summed E-state index contributed by atoms with van der Waals surface area (Å²) in [5, 5.41) is 20.5. The molecular formula is C17H26O5.